The number of hydrogen-bond acceptors (Lipinski definition) is 5. The zero-order valence-electron chi connectivity index (χ0n) is 18.7. The van der Waals surface area contributed by atoms with Crippen molar-refractivity contribution in [2.75, 3.05) is 20.3 Å². The van der Waals surface area contributed by atoms with Crippen LogP contribution in [0, 0.1) is 25.2 Å². The Kier molecular flexibility index (Phi) is 8.72. The predicted molar refractivity (Wildman–Crippen MR) is 116 cm³/mol. The van der Waals surface area contributed by atoms with E-state index < -0.39 is 0 Å². The van der Waals surface area contributed by atoms with Gasteiger partial charge in [0, 0.05) is 25.2 Å². The number of aromatic nitrogens is 2. The summed E-state index contributed by atoms with van der Waals surface area (Å²) in [6.07, 6.45) is 1.50. The summed E-state index contributed by atoms with van der Waals surface area (Å²) in [7, 11) is 1.62. The highest BCUT2D eigenvalue weighted by atomic mass is 16.5. The van der Waals surface area contributed by atoms with Crippen molar-refractivity contribution in [3.8, 4) is 17.6 Å². The largest absolute Gasteiger partial charge is 0.493 e. The molecule has 0 unspecified atom stereocenters. The van der Waals surface area contributed by atoms with Crippen LogP contribution in [0.1, 0.15) is 49.2 Å². The van der Waals surface area contributed by atoms with Gasteiger partial charge in [0.2, 0.25) is 5.91 Å². The lowest BCUT2D eigenvalue weighted by Crippen LogP contribution is -2.30. The van der Waals surface area contributed by atoms with Crippen molar-refractivity contribution in [2.24, 2.45) is 0 Å². The van der Waals surface area contributed by atoms with Gasteiger partial charge < -0.3 is 14.4 Å². The van der Waals surface area contributed by atoms with Gasteiger partial charge in [-0.25, -0.2) is 0 Å². The number of methoxy groups -OCH3 is 1. The first-order valence-corrected chi connectivity index (χ1v) is 10.4. The van der Waals surface area contributed by atoms with E-state index in [1.165, 1.54) is 0 Å². The second-order valence-electron chi connectivity index (χ2n) is 7.11. The van der Waals surface area contributed by atoms with Gasteiger partial charge in [0.15, 0.2) is 11.5 Å². The van der Waals surface area contributed by atoms with Crippen LogP contribution in [0.15, 0.2) is 18.2 Å². The Hall–Kier alpha value is -3.01. The lowest BCUT2D eigenvalue weighted by Gasteiger charge is -2.22. The van der Waals surface area contributed by atoms with Gasteiger partial charge in [0.25, 0.3) is 0 Å². The fourth-order valence-corrected chi connectivity index (χ4v) is 3.54. The molecule has 1 heterocycles. The van der Waals surface area contributed by atoms with Crippen LogP contribution in [0.2, 0.25) is 0 Å². The van der Waals surface area contributed by atoms with Crippen molar-refractivity contribution >= 4 is 5.91 Å². The molecule has 0 spiro atoms. The van der Waals surface area contributed by atoms with E-state index in [1.807, 2.05) is 55.5 Å². The summed E-state index contributed by atoms with van der Waals surface area (Å²) in [5.41, 5.74) is 4.06. The second kappa shape index (κ2) is 11.2. The number of nitriles is 1. The van der Waals surface area contributed by atoms with E-state index in [2.05, 4.69) is 11.2 Å². The zero-order valence-corrected chi connectivity index (χ0v) is 18.7. The summed E-state index contributed by atoms with van der Waals surface area (Å²) >= 11 is 0. The highest BCUT2D eigenvalue weighted by molar-refractivity contribution is 5.76. The lowest BCUT2D eigenvalue weighted by molar-refractivity contribution is -0.131. The number of carbonyl (C=O) groups is 1. The molecule has 0 aliphatic heterocycles. The van der Waals surface area contributed by atoms with Gasteiger partial charge in [-0.3, -0.25) is 9.48 Å². The summed E-state index contributed by atoms with van der Waals surface area (Å²) < 4.78 is 12.8. The Morgan fingerprint density at radius 2 is 2.03 bits per heavy atom. The molecule has 1 aromatic heterocycles. The van der Waals surface area contributed by atoms with Crippen LogP contribution in [-0.2, 0) is 24.3 Å². The topological polar surface area (TPSA) is 80.4 Å². The van der Waals surface area contributed by atoms with Gasteiger partial charge in [-0.15, -0.1) is 0 Å². The van der Waals surface area contributed by atoms with Crippen LogP contribution in [0.3, 0.4) is 0 Å². The molecule has 7 nitrogen and oxygen atoms in total. The Morgan fingerprint density at radius 1 is 1.27 bits per heavy atom. The predicted octanol–water partition coefficient (Wildman–Crippen LogP) is 3.80. The molecule has 0 atom stereocenters. The minimum Gasteiger partial charge on any atom is -0.493 e. The average molecular weight is 413 g/mol. The number of ether oxygens (including phenoxy) is 2. The van der Waals surface area contributed by atoms with Crippen molar-refractivity contribution in [1.29, 1.82) is 5.26 Å². The first-order chi connectivity index (χ1) is 14.4. The van der Waals surface area contributed by atoms with Gasteiger partial charge in [0.1, 0.15) is 0 Å². The SMILES string of the molecule is CCOc1ccc(CN(CC)C(=O)CCc2c(C)nn(CCC#N)c2C)cc1OC. The first-order valence-electron chi connectivity index (χ1n) is 10.4. The van der Waals surface area contributed by atoms with Crippen molar-refractivity contribution < 1.29 is 14.3 Å². The Bertz CT molecular complexity index is 899. The fraction of sp³-hybridized carbons (Fsp3) is 0.522. The van der Waals surface area contributed by atoms with E-state index in [9.17, 15) is 4.79 Å². The normalized spacial score (nSPS) is 10.5. The van der Waals surface area contributed by atoms with E-state index in [0.29, 0.717) is 57.0 Å². The molecular formula is C23H32N4O3. The minimum absolute atomic E-state index is 0.105. The van der Waals surface area contributed by atoms with E-state index in [1.54, 1.807) is 7.11 Å². The van der Waals surface area contributed by atoms with Crippen molar-refractivity contribution in [2.45, 2.75) is 60.0 Å². The monoisotopic (exact) mass is 412 g/mol. The van der Waals surface area contributed by atoms with E-state index in [4.69, 9.17) is 14.7 Å². The summed E-state index contributed by atoms with van der Waals surface area (Å²) in [5, 5.41) is 13.3. The molecule has 7 heteroatoms. The summed E-state index contributed by atoms with van der Waals surface area (Å²) in [4.78, 5) is 14.7. The molecule has 2 rings (SSSR count). The third kappa shape index (κ3) is 5.76. The number of aryl methyl sites for hydroxylation is 2. The molecule has 0 radical (unpaired) electrons. The van der Waals surface area contributed by atoms with Crippen molar-refractivity contribution in [3.63, 3.8) is 0 Å². The summed E-state index contributed by atoms with van der Waals surface area (Å²) in [6, 6.07) is 7.93. The van der Waals surface area contributed by atoms with Gasteiger partial charge in [-0.05, 0) is 57.4 Å². The number of rotatable bonds is 11. The van der Waals surface area contributed by atoms with E-state index in [0.717, 1.165) is 22.5 Å². The number of benzene rings is 1. The molecule has 0 fully saturated rings. The molecule has 0 aliphatic carbocycles. The van der Waals surface area contributed by atoms with Crippen LogP contribution >= 0.6 is 0 Å². The first kappa shape index (κ1) is 23.3. The van der Waals surface area contributed by atoms with Gasteiger partial charge in [0.05, 0.1) is 38.4 Å². The standard InChI is InChI=1S/C23H32N4O3/c1-6-26(16-19-9-11-21(30-7-2)22(15-19)29-5)23(28)12-10-20-17(3)25-27(18(20)4)14-8-13-24/h9,11,15H,6-8,10,12,14,16H2,1-5H3. The third-order valence-electron chi connectivity index (χ3n) is 5.19. The van der Waals surface area contributed by atoms with Gasteiger partial charge in [-0.1, -0.05) is 6.07 Å². The quantitative estimate of drug-likeness (QED) is 0.561. The van der Waals surface area contributed by atoms with Crippen LogP contribution in [0.25, 0.3) is 0 Å². The molecule has 1 aromatic carbocycles. The Morgan fingerprint density at radius 3 is 2.67 bits per heavy atom. The highest BCUT2D eigenvalue weighted by Crippen LogP contribution is 2.28. The highest BCUT2D eigenvalue weighted by Gasteiger charge is 2.17. The Balaban J connectivity index is 2.04. The number of amides is 1. The number of carbonyl (C=O) groups excluding carboxylic acids is 1. The molecule has 162 valence electrons. The molecule has 0 saturated heterocycles. The lowest BCUT2D eigenvalue weighted by atomic mass is 10.1. The van der Waals surface area contributed by atoms with Crippen molar-refractivity contribution in [1.82, 2.24) is 14.7 Å². The molecule has 0 bridgehead atoms. The molecule has 30 heavy (non-hydrogen) atoms. The van der Waals surface area contributed by atoms with Crippen LogP contribution < -0.4 is 9.47 Å². The summed E-state index contributed by atoms with van der Waals surface area (Å²) in [6.45, 7) is 10.2. The van der Waals surface area contributed by atoms with E-state index >= 15 is 0 Å². The maximum absolute atomic E-state index is 12.9. The maximum Gasteiger partial charge on any atom is 0.223 e. The third-order valence-corrected chi connectivity index (χ3v) is 5.19. The van der Waals surface area contributed by atoms with Gasteiger partial charge >= 0.3 is 0 Å². The molecule has 2 aromatic rings. The molecule has 0 N–H and O–H groups in total. The van der Waals surface area contributed by atoms with Crippen LogP contribution in [0.4, 0.5) is 0 Å². The molecule has 1 amide bonds. The van der Waals surface area contributed by atoms with Crippen LogP contribution in [0.5, 0.6) is 11.5 Å². The number of hydrogen-bond donors (Lipinski definition) is 0. The maximum atomic E-state index is 12.9. The zero-order chi connectivity index (χ0) is 22.1. The molecular weight excluding hydrogens is 380 g/mol. The Labute approximate surface area is 179 Å². The number of nitrogens with zero attached hydrogens (tertiary/aromatic N) is 4. The minimum atomic E-state index is 0.105. The van der Waals surface area contributed by atoms with E-state index in [-0.39, 0.29) is 5.91 Å². The average Bonchev–Trinajstić information content (AvgIpc) is 3.02. The van der Waals surface area contributed by atoms with Crippen molar-refractivity contribution in [3.05, 3.63) is 40.7 Å². The summed E-state index contributed by atoms with van der Waals surface area (Å²) in [5.74, 6) is 1.49. The van der Waals surface area contributed by atoms with Gasteiger partial charge in [-0.2, -0.15) is 10.4 Å². The molecule has 0 aliphatic rings. The molecule has 0 saturated carbocycles. The second-order valence-corrected chi connectivity index (χ2v) is 7.11. The van der Waals surface area contributed by atoms with Crippen LogP contribution in [-0.4, -0.2) is 40.8 Å². The fourth-order valence-electron chi connectivity index (χ4n) is 3.54. The smallest absolute Gasteiger partial charge is 0.223 e.